The lowest BCUT2D eigenvalue weighted by Gasteiger charge is -2.14. The van der Waals surface area contributed by atoms with E-state index in [1.165, 1.54) is 0 Å². The van der Waals surface area contributed by atoms with Crippen molar-refractivity contribution in [3.05, 3.63) is 30.0 Å². The van der Waals surface area contributed by atoms with E-state index in [0.717, 1.165) is 17.3 Å². The zero-order valence-corrected chi connectivity index (χ0v) is 10.0. The van der Waals surface area contributed by atoms with E-state index in [1.54, 1.807) is 0 Å². The van der Waals surface area contributed by atoms with Crippen LogP contribution in [0.15, 0.2) is 24.3 Å². The van der Waals surface area contributed by atoms with Gasteiger partial charge in [-0.2, -0.15) is 5.26 Å². The summed E-state index contributed by atoms with van der Waals surface area (Å²) < 4.78 is 0. The highest BCUT2D eigenvalue weighted by Gasteiger charge is 2.12. The first kappa shape index (κ1) is 11.9. The average Bonchev–Trinajstić information content (AvgIpc) is 2.44. The minimum atomic E-state index is -0.121. The number of benzene rings is 1. The van der Waals surface area contributed by atoms with E-state index in [1.807, 2.05) is 37.3 Å². The molecule has 0 radical (unpaired) electrons. The number of hydrogen-bond acceptors (Lipinski definition) is 4. The van der Waals surface area contributed by atoms with Crippen molar-refractivity contribution in [2.24, 2.45) is 0 Å². The highest BCUT2D eigenvalue weighted by Crippen LogP contribution is 2.24. The lowest BCUT2D eigenvalue weighted by molar-refractivity contribution is 0.855. The lowest BCUT2D eigenvalue weighted by atomic mass is 10.1. The predicted molar refractivity (Wildman–Crippen MR) is 70.8 cm³/mol. The van der Waals surface area contributed by atoms with Gasteiger partial charge in [0.25, 0.3) is 0 Å². The molecule has 0 aliphatic rings. The molecule has 2 rings (SSSR count). The second-order valence-corrected chi connectivity index (χ2v) is 3.82. The molecule has 0 bridgehead atoms. The van der Waals surface area contributed by atoms with Crippen LogP contribution in [0.5, 0.6) is 0 Å². The third-order valence-electron chi connectivity index (χ3n) is 2.70. The normalized spacial score (nSPS) is 11.5. The molecule has 0 spiro atoms. The molecular formula is C14H12N4. The van der Waals surface area contributed by atoms with Crippen LogP contribution < -0.4 is 5.32 Å². The Morgan fingerprint density at radius 1 is 1.39 bits per heavy atom. The van der Waals surface area contributed by atoms with E-state index in [4.69, 9.17) is 11.7 Å². The minimum Gasteiger partial charge on any atom is -0.369 e. The summed E-state index contributed by atoms with van der Waals surface area (Å²) in [6.45, 7) is 1.99. The van der Waals surface area contributed by atoms with Gasteiger partial charge in [0.2, 0.25) is 0 Å². The number of fused-ring (bicyclic) bond motifs is 1. The number of nitriles is 1. The van der Waals surface area contributed by atoms with Crippen molar-refractivity contribution in [1.29, 1.82) is 5.26 Å². The molecular weight excluding hydrogens is 224 g/mol. The van der Waals surface area contributed by atoms with Gasteiger partial charge in [0.15, 0.2) is 5.69 Å². The maximum Gasteiger partial charge on any atom is 0.186 e. The topological polar surface area (TPSA) is 61.6 Å². The summed E-state index contributed by atoms with van der Waals surface area (Å²) in [4.78, 5) is 0. The molecule has 0 aliphatic heterocycles. The van der Waals surface area contributed by atoms with Crippen LogP contribution in [0.1, 0.15) is 19.0 Å². The summed E-state index contributed by atoms with van der Waals surface area (Å²) in [5.74, 6) is 2.65. The molecule has 2 aromatic rings. The summed E-state index contributed by atoms with van der Waals surface area (Å²) in [6.07, 6.45) is 6.21. The van der Waals surface area contributed by atoms with Crippen LogP contribution >= 0.6 is 0 Å². The number of nitrogens with one attached hydrogen (secondary N) is 1. The average molecular weight is 236 g/mol. The van der Waals surface area contributed by atoms with Gasteiger partial charge in [0.05, 0.1) is 17.2 Å². The highest BCUT2D eigenvalue weighted by atomic mass is 15.1. The smallest absolute Gasteiger partial charge is 0.186 e. The van der Waals surface area contributed by atoms with Gasteiger partial charge in [-0.05, 0) is 12.5 Å². The quantitative estimate of drug-likeness (QED) is 0.831. The molecule has 1 aromatic carbocycles. The van der Waals surface area contributed by atoms with Crippen LogP contribution in [0, 0.1) is 23.7 Å². The Morgan fingerprint density at radius 3 is 2.83 bits per heavy atom. The van der Waals surface area contributed by atoms with Crippen LogP contribution in [-0.4, -0.2) is 16.2 Å². The molecule has 1 atom stereocenters. The molecule has 4 nitrogen and oxygen atoms in total. The van der Waals surface area contributed by atoms with Crippen LogP contribution in [0.4, 0.5) is 5.69 Å². The number of anilines is 1. The third kappa shape index (κ3) is 2.09. The van der Waals surface area contributed by atoms with Crippen LogP contribution in [0.25, 0.3) is 10.9 Å². The Balaban J connectivity index is 2.59. The second kappa shape index (κ2) is 5.16. The van der Waals surface area contributed by atoms with Crippen molar-refractivity contribution in [2.45, 2.75) is 19.4 Å². The zero-order chi connectivity index (χ0) is 13.0. The molecule has 1 unspecified atom stereocenters. The number of rotatable bonds is 3. The fraction of sp³-hybridized carbons (Fsp3) is 0.214. The Hall–Kier alpha value is -2.59. The van der Waals surface area contributed by atoms with E-state index in [9.17, 15) is 0 Å². The van der Waals surface area contributed by atoms with Gasteiger partial charge in [-0.3, -0.25) is 0 Å². The van der Waals surface area contributed by atoms with Gasteiger partial charge in [-0.25, -0.2) is 0 Å². The van der Waals surface area contributed by atoms with E-state index < -0.39 is 0 Å². The summed E-state index contributed by atoms with van der Waals surface area (Å²) >= 11 is 0. The second-order valence-electron chi connectivity index (χ2n) is 3.82. The predicted octanol–water partition coefficient (Wildman–Crippen LogP) is 2.33. The van der Waals surface area contributed by atoms with Gasteiger partial charge in [0.1, 0.15) is 6.07 Å². The summed E-state index contributed by atoms with van der Waals surface area (Å²) in [5.41, 5.74) is 1.67. The first-order valence-corrected chi connectivity index (χ1v) is 5.68. The third-order valence-corrected chi connectivity index (χ3v) is 2.70. The number of nitrogens with zero attached hydrogens (tertiary/aromatic N) is 3. The van der Waals surface area contributed by atoms with Gasteiger partial charge in [-0.1, -0.05) is 31.0 Å². The van der Waals surface area contributed by atoms with Crippen molar-refractivity contribution in [3.63, 3.8) is 0 Å². The fourth-order valence-corrected chi connectivity index (χ4v) is 1.71. The van der Waals surface area contributed by atoms with Gasteiger partial charge in [0, 0.05) is 5.39 Å². The molecule has 1 N–H and O–H groups in total. The summed E-state index contributed by atoms with van der Waals surface area (Å²) in [7, 11) is 0. The van der Waals surface area contributed by atoms with Crippen molar-refractivity contribution >= 4 is 16.6 Å². The summed E-state index contributed by atoms with van der Waals surface area (Å²) in [5, 5.41) is 21.0. The van der Waals surface area contributed by atoms with Crippen LogP contribution in [0.3, 0.4) is 0 Å². The van der Waals surface area contributed by atoms with Gasteiger partial charge >= 0.3 is 0 Å². The van der Waals surface area contributed by atoms with E-state index >= 15 is 0 Å². The van der Waals surface area contributed by atoms with E-state index in [0.29, 0.717) is 5.69 Å². The van der Waals surface area contributed by atoms with Crippen LogP contribution in [0.2, 0.25) is 0 Å². The Bertz CT molecular complexity index is 649. The molecule has 0 fully saturated rings. The maximum absolute atomic E-state index is 9.09. The Labute approximate surface area is 106 Å². The Kier molecular flexibility index (Phi) is 3.41. The fourth-order valence-electron chi connectivity index (χ4n) is 1.71. The maximum atomic E-state index is 9.09. The lowest BCUT2D eigenvalue weighted by Crippen LogP contribution is -2.17. The van der Waals surface area contributed by atoms with E-state index in [2.05, 4.69) is 21.4 Å². The number of hydrogen-bond donors (Lipinski definition) is 1. The molecule has 0 saturated carbocycles. The molecule has 1 heterocycles. The number of aromatic nitrogens is 2. The van der Waals surface area contributed by atoms with Crippen molar-refractivity contribution in [1.82, 2.24) is 10.2 Å². The first-order valence-electron chi connectivity index (χ1n) is 5.68. The standard InChI is InChI=1S/C14H12N4/c1-3-10(4-2)16-14-11-7-5-6-8-12(11)17-18-13(14)9-15/h1,5-8,10H,4H2,2H3,(H,16,17). The molecule has 0 saturated heterocycles. The molecule has 18 heavy (non-hydrogen) atoms. The van der Waals surface area contributed by atoms with Crippen molar-refractivity contribution in [2.75, 3.05) is 5.32 Å². The molecule has 0 amide bonds. The van der Waals surface area contributed by atoms with Gasteiger partial charge < -0.3 is 5.32 Å². The number of terminal acetylenes is 1. The molecule has 0 aliphatic carbocycles. The minimum absolute atomic E-state index is 0.121. The largest absolute Gasteiger partial charge is 0.369 e. The first-order chi connectivity index (χ1) is 8.80. The van der Waals surface area contributed by atoms with Crippen molar-refractivity contribution < 1.29 is 0 Å². The molecule has 1 aromatic heterocycles. The van der Waals surface area contributed by atoms with E-state index in [-0.39, 0.29) is 11.7 Å². The van der Waals surface area contributed by atoms with Crippen molar-refractivity contribution in [3.8, 4) is 18.4 Å². The zero-order valence-electron chi connectivity index (χ0n) is 10.0. The monoisotopic (exact) mass is 236 g/mol. The summed E-state index contributed by atoms with van der Waals surface area (Å²) in [6, 6.07) is 9.44. The van der Waals surface area contributed by atoms with Crippen LogP contribution in [-0.2, 0) is 0 Å². The SMILES string of the molecule is C#CC(CC)Nc1c(C#N)nnc2ccccc12. The van der Waals surface area contributed by atoms with Gasteiger partial charge in [-0.15, -0.1) is 16.6 Å². The highest BCUT2D eigenvalue weighted by molar-refractivity contribution is 5.93. The Morgan fingerprint density at radius 2 is 2.17 bits per heavy atom. The molecule has 88 valence electrons. The molecule has 4 heteroatoms.